The number of hydrogen-bond donors (Lipinski definition) is 1. The molecule has 0 radical (unpaired) electrons. The summed E-state index contributed by atoms with van der Waals surface area (Å²) in [6.07, 6.45) is 0. The average molecular weight is 581 g/mol. The van der Waals surface area contributed by atoms with E-state index in [1.54, 1.807) is 6.07 Å². The average Bonchev–Trinajstić information content (AvgIpc) is 2.77. The van der Waals surface area contributed by atoms with Gasteiger partial charge in [-0.05, 0) is 23.6 Å². The fourth-order valence-electron chi connectivity index (χ4n) is 3.41. The Morgan fingerprint density at radius 3 is 1.77 bits per heavy atom. The number of hydrogen-bond acceptors (Lipinski definition) is 1. The first kappa shape index (κ1) is 22.4. The molecule has 5 rings (SSSR count). The lowest BCUT2D eigenvalue weighted by Gasteiger charge is -2.17. The predicted molar refractivity (Wildman–Crippen MR) is 139 cm³/mol. The van der Waals surface area contributed by atoms with Crippen LogP contribution in [-0.2, 0) is 0 Å². The molecule has 0 fully saturated rings. The normalized spacial score (nSPS) is 11.2. The second-order valence-corrected chi connectivity index (χ2v) is 9.11. The minimum atomic E-state index is 0.262. The molecule has 0 aliphatic heterocycles. The second kappa shape index (κ2) is 8.96. The molecule has 0 saturated carbocycles. The van der Waals surface area contributed by atoms with Crippen LogP contribution in [0.25, 0.3) is 32.3 Å². The highest BCUT2D eigenvalue weighted by Gasteiger charge is 2.23. The van der Waals surface area contributed by atoms with Crippen molar-refractivity contribution >= 4 is 124 Å². The molecule has 0 atom stereocenters. The zero-order chi connectivity index (χ0) is 21.6. The monoisotopic (exact) mass is 577 g/mol. The van der Waals surface area contributed by atoms with E-state index in [2.05, 4.69) is 20.5 Å². The highest BCUT2D eigenvalue weighted by Crippen LogP contribution is 2.52. The molecule has 0 heterocycles. The molecular formula is C22H10BrCl6N. The second-order valence-electron chi connectivity index (χ2n) is 6.41. The summed E-state index contributed by atoms with van der Waals surface area (Å²) < 4.78 is 2.84. The number of rotatable bonds is 1. The van der Waals surface area contributed by atoms with Gasteiger partial charge in [0.05, 0.1) is 30.1 Å². The van der Waals surface area contributed by atoms with Gasteiger partial charge in [-0.2, -0.15) is 0 Å². The van der Waals surface area contributed by atoms with E-state index in [1.165, 1.54) is 0 Å². The van der Waals surface area contributed by atoms with Gasteiger partial charge in [0.1, 0.15) is 0 Å². The number of anilines is 1. The minimum Gasteiger partial charge on any atom is -0.322 e. The van der Waals surface area contributed by atoms with E-state index in [0.717, 1.165) is 27.2 Å². The van der Waals surface area contributed by atoms with Crippen molar-refractivity contribution in [2.75, 3.05) is 4.34 Å². The Kier molecular flexibility index (Phi) is 6.67. The zero-order valence-electron chi connectivity index (χ0n) is 14.8. The van der Waals surface area contributed by atoms with Gasteiger partial charge in [0.15, 0.2) is 0 Å². The molecule has 30 heavy (non-hydrogen) atoms. The van der Waals surface area contributed by atoms with Crippen LogP contribution in [0.4, 0.5) is 5.69 Å². The van der Waals surface area contributed by atoms with E-state index in [0.29, 0.717) is 35.9 Å². The largest absolute Gasteiger partial charge is 0.322 e. The van der Waals surface area contributed by atoms with Crippen LogP contribution in [0.1, 0.15) is 0 Å². The highest BCUT2D eigenvalue weighted by atomic mass is 79.9. The fourth-order valence-corrected chi connectivity index (χ4v) is 5.38. The number of nitrogens with one attached hydrogen (secondary N) is 1. The van der Waals surface area contributed by atoms with Crippen LogP contribution in [0.2, 0.25) is 30.1 Å². The smallest absolute Gasteiger partial charge is 0.0791 e. The topological polar surface area (TPSA) is 12.0 Å². The maximum Gasteiger partial charge on any atom is 0.0791 e. The van der Waals surface area contributed by atoms with Gasteiger partial charge in [-0.1, -0.05) is 106 Å². The third kappa shape index (κ3) is 3.67. The standard InChI is InChI=1S/C16H4Cl6.C6H6BrN/c17-7-4-2-5-1-3-6-9-8(5)10(7)13(19)14(20)11(9)15(21)16(22)12(6)18;7-8-6-4-2-1-3-5-6/h1-4H;1-5,8H. The molecule has 0 saturated heterocycles. The quantitative estimate of drug-likeness (QED) is 0.118. The predicted octanol–water partition coefficient (Wildman–Crippen LogP) is 10.9. The molecule has 0 spiro atoms. The van der Waals surface area contributed by atoms with Gasteiger partial charge in [-0.3, -0.25) is 0 Å². The maximum absolute atomic E-state index is 6.45. The molecule has 0 amide bonds. The van der Waals surface area contributed by atoms with Gasteiger partial charge >= 0.3 is 0 Å². The van der Waals surface area contributed by atoms with E-state index in [1.807, 2.05) is 48.5 Å². The van der Waals surface area contributed by atoms with Crippen LogP contribution < -0.4 is 4.34 Å². The van der Waals surface area contributed by atoms with Gasteiger partial charge in [0.25, 0.3) is 0 Å². The summed E-state index contributed by atoms with van der Waals surface area (Å²) in [6, 6.07) is 17.4. The molecule has 0 aliphatic carbocycles. The first-order valence-corrected chi connectivity index (χ1v) is 11.6. The van der Waals surface area contributed by atoms with E-state index >= 15 is 0 Å². The van der Waals surface area contributed by atoms with E-state index in [4.69, 9.17) is 69.6 Å². The highest BCUT2D eigenvalue weighted by molar-refractivity contribution is 9.10. The zero-order valence-corrected chi connectivity index (χ0v) is 21.0. The van der Waals surface area contributed by atoms with Gasteiger partial charge in [0, 0.05) is 48.8 Å². The van der Waals surface area contributed by atoms with Gasteiger partial charge in [0.2, 0.25) is 0 Å². The van der Waals surface area contributed by atoms with Crippen molar-refractivity contribution in [3.05, 3.63) is 84.7 Å². The van der Waals surface area contributed by atoms with Crippen molar-refractivity contribution < 1.29 is 0 Å². The molecule has 8 heteroatoms. The SMILES string of the molecule is BrNc1ccccc1.Clc1c(Cl)c2ccc3ccc(Cl)c4c(Cl)c(Cl)c(c1Cl)c2c34. The summed E-state index contributed by atoms with van der Waals surface area (Å²) in [5.41, 5.74) is 1.08. The summed E-state index contributed by atoms with van der Waals surface area (Å²) in [5, 5.41) is 6.89. The Morgan fingerprint density at radius 2 is 1.13 bits per heavy atom. The molecule has 0 aromatic heterocycles. The van der Waals surface area contributed by atoms with Crippen molar-refractivity contribution in [2.45, 2.75) is 0 Å². The Balaban J connectivity index is 0.000000230. The molecular weight excluding hydrogens is 571 g/mol. The Bertz CT molecular complexity index is 1390. The molecule has 5 aromatic rings. The first-order valence-electron chi connectivity index (χ1n) is 8.55. The summed E-state index contributed by atoms with van der Waals surface area (Å²) in [7, 11) is 0. The van der Waals surface area contributed by atoms with Crippen LogP contribution >= 0.6 is 85.8 Å². The van der Waals surface area contributed by atoms with Gasteiger partial charge in [-0.15, -0.1) is 0 Å². The fraction of sp³-hybridized carbons (Fsp3) is 0. The lowest BCUT2D eigenvalue weighted by atomic mass is 9.94. The Labute approximate surface area is 211 Å². The van der Waals surface area contributed by atoms with Gasteiger partial charge in [-0.25, -0.2) is 0 Å². The molecule has 152 valence electrons. The Hall–Kier alpha value is -0.840. The molecule has 5 aromatic carbocycles. The molecule has 0 aliphatic rings. The van der Waals surface area contributed by atoms with Crippen molar-refractivity contribution in [2.24, 2.45) is 0 Å². The minimum absolute atomic E-state index is 0.262. The first-order chi connectivity index (χ1) is 14.4. The summed E-state index contributed by atoms with van der Waals surface area (Å²) in [4.78, 5) is 0. The van der Waals surface area contributed by atoms with Crippen LogP contribution in [0.3, 0.4) is 0 Å². The molecule has 0 unspecified atom stereocenters. The van der Waals surface area contributed by atoms with Crippen LogP contribution in [-0.4, -0.2) is 0 Å². The van der Waals surface area contributed by atoms with E-state index in [-0.39, 0.29) is 5.02 Å². The molecule has 1 N–H and O–H groups in total. The van der Waals surface area contributed by atoms with Gasteiger partial charge < -0.3 is 4.34 Å². The van der Waals surface area contributed by atoms with E-state index in [9.17, 15) is 0 Å². The lowest BCUT2D eigenvalue weighted by molar-refractivity contribution is 1.69. The number of halogens is 7. The van der Waals surface area contributed by atoms with Crippen LogP contribution in [0, 0.1) is 0 Å². The summed E-state index contributed by atoms with van der Waals surface area (Å²) >= 11 is 41.3. The third-order valence-electron chi connectivity index (χ3n) is 4.74. The third-order valence-corrected chi connectivity index (χ3v) is 7.71. The molecule has 0 bridgehead atoms. The summed E-state index contributed by atoms with van der Waals surface area (Å²) in [6.45, 7) is 0. The number of benzene rings is 5. The maximum atomic E-state index is 6.45. The van der Waals surface area contributed by atoms with Crippen LogP contribution in [0.15, 0.2) is 54.6 Å². The van der Waals surface area contributed by atoms with Crippen molar-refractivity contribution in [1.82, 2.24) is 0 Å². The van der Waals surface area contributed by atoms with Crippen molar-refractivity contribution in [3.8, 4) is 0 Å². The lowest BCUT2D eigenvalue weighted by Crippen LogP contribution is -1.90. The number of para-hydroxylation sites is 1. The Morgan fingerprint density at radius 1 is 0.533 bits per heavy atom. The molecule has 1 nitrogen and oxygen atoms in total. The van der Waals surface area contributed by atoms with Crippen molar-refractivity contribution in [1.29, 1.82) is 0 Å². The summed E-state index contributed by atoms with van der Waals surface area (Å²) in [5.74, 6) is 0. The van der Waals surface area contributed by atoms with Crippen molar-refractivity contribution in [3.63, 3.8) is 0 Å². The van der Waals surface area contributed by atoms with E-state index < -0.39 is 0 Å². The van der Waals surface area contributed by atoms with Crippen LogP contribution in [0.5, 0.6) is 0 Å².